The van der Waals surface area contributed by atoms with Crippen LogP contribution in [0, 0.1) is 40.9 Å². The first-order valence-corrected chi connectivity index (χ1v) is 6.43. The van der Waals surface area contributed by atoms with Crippen LogP contribution in [0.15, 0.2) is 0 Å². The highest BCUT2D eigenvalue weighted by molar-refractivity contribution is 5.88. The molecule has 2 saturated carbocycles. The summed E-state index contributed by atoms with van der Waals surface area (Å²) in [7, 11) is 0. The first-order valence-electron chi connectivity index (χ1n) is 6.43. The van der Waals surface area contributed by atoms with Crippen LogP contribution in [0.4, 0.5) is 0 Å². The predicted octanol–water partition coefficient (Wildman–Crippen LogP) is 3.29. The van der Waals surface area contributed by atoms with Gasteiger partial charge in [-0.1, -0.05) is 20.8 Å². The van der Waals surface area contributed by atoms with Crippen LogP contribution in [0.5, 0.6) is 0 Å². The van der Waals surface area contributed by atoms with E-state index >= 15 is 0 Å². The molecule has 88 valence electrons. The Morgan fingerprint density at radius 1 is 1.38 bits per heavy atom. The fourth-order valence-corrected chi connectivity index (χ4v) is 3.52. The summed E-state index contributed by atoms with van der Waals surface area (Å²) in [5.41, 5.74) is 0.273. The average Bonchev–Trinajstić information content (AvgIpc) is 2.80. The molecule has 4 atom stereocenters. The molecule has 2 fully saturated rings. The van der Waals surface area contributed by atoms with Crippen LogP contribution in [0.1, 0.15) is 47.0 Å². The highest BCUT2D eigenvalue weighted by Gasteiger charge is 2.63. The number of Topliss-reactive ketones (excluding diaryl/α,β-unsaturated/α-hetero) is 1. The summed E-state index contributed by atoms with van der Waals surface area (Å²) in [6.45, 7) is 8.57. The van der Waals surface area contributed by atoms with E-state index < -0.39 is 0 Å². The van der Waals surface area contributed by atoms with Crippen LogP contribution >= 0.6 is 0 Å². The van der Waals surface area contributed by atoms with Crippen molar-refractivity contribution in [2.45, 2.75) is 47.0 Å². The van der Waals surface area contributed by atoms with Crippen molar-refractivity contribution in [1.29, 1.82) is 0 Å². The molecule has 0 spiro atoms. The van der Waals surface area contributed by atoms with E-state index in [1.807, 2.05) is 6.92 Å². The van der Waals surface area contributed by atoms with Crippen LogP contribution in [0.3, 0.4) is 0 Å². The number of rotatable bonds is 1. The number of hydrogen-bond donors (Lipinski definition) is 0. The Bertz CT molecular complexity index is 355. The highest BCUT2D eigenvalue weighted by Crippen LogP contribution is 2.63. The Hall–Kier alpha value is -0.770. The van der Waals surface area contributed by atoms with E-state index in [1.165, 1.54) is 12.8 Å². The van der Waals surface area contributed by atoms with Gasteiger partial charge in [0.15, 0.2) is 0 Å². The zero-order valence-corrected chi connectivity index (χ0v) is 10.8. The van der Waals surface area contributed by atoms with Crippen molar-refractivity contribution in [2.75, 3.05) is 0 Å². The minimum Gasteiger partial charge on any atom is -0.299 e. The Kier molecular flexibility index (Phi) is 2.86. The summed E-state index contributed by atoms with van der Waals surface area (Å²) in [6.07, 6.45) is 3.21. The summed E-state index contributed by atoms with van der Waals surface area (Å²) in [5.74, 6) is 8.24. The van der Waals surface area contributed by atoms with Gasteiger partial charge in [0.25, 0.3) is 0 Å². The van der Waals surface area contributed by atoms with Gasteiger partial charge in [-0.05, 0) is 37.0 Å². The van der Waals surface area contributed by atoms with Crippen molar-refractivity contribution in [3.63, 3.8) is 0 Å². The van der Waals surface area contributed by atoms with Gasteiger partial charge in [-0.15, -0.1) is 11.8 Å². The van der Waals surface area contributed by atoms with Gasteiger partial charge in [0.2, 0.25) is 0 Å². The Morgan fingerprint density at radius 2 is 2.06 bits per heavy atom. The van der Waals surface area contributed by atoms with Gasteiger partial charge < -0.3 is 0 Å². The number of hydrogen-bond acceptors (Lipinski definition) is 1. The maximum absolute atomic E-state index is 12.5. The fraction of sp³-hybridized carbons (Fsp3) is 0.800. The van der Waals surface area contributed by atoms with Gasteiger partial charge in [-0.3, -0.25) is 4.79 Å². The standard InChI is InChI=1S/C15H22O/c1-5-6-7-11-10(2)8-9-12-13(14(11)16)15(12,3)4/h10-13H,7-9H2,1-4H3. The van der Waals surface area contributed by atoms with Crippen molar-refractivity contribution >= 4 is 5.78 Å². The lowest BCUT2D eigenvalue weighted by Gasteiger charge is -2.20. The molecule has 1 heteroatoms. The molecule has 0 bridgehead atoms. The minimum absolute atomic E-state index is 0.198. The Morgan fingerprint density at radius 3 is 2.69 bits per heavy atom. The second kappa shape index (κ2) is 3.91. The quantitative estimate of drug-likeness (QED) is 0.617. The maximum Gasteiger partial charge on any atom is 0.141 e. The third-order valence-corrected chi connectivity index (χ3v) is 4.84. The summed E-state index contributed by atoms with van der Waals surface area (Å²) < 4.78 is 0. The molecule has 0 aromatic carbocycles. The summed E-state index contributed by atoms with van der Waals surface area (Å²) in [6, 6.07) is 0. The van der Waals surface area contributed by atoms with Gasteiger partial charge in [-0.25, -0.2) is 0 Å². The molecule has 2 rings (SSSR count). The van der Waals surface area contributed by atoms with E-state index in [4.69, 9.17) is 0 Å². The van der Waals surface area contributed by atoms with E-state index in [1.54, 1.807) is 0 Å². The van der Waals surface area contributed by atoms with Crippen LogP contribution in [0.2, 0.25) is 0 Å². The molecule has 2 aliphatic carbocycles. The van der Waals surface area contributed by atoms with E-state index in [0.717, 1.165) is 6.42 Å². The summed E-state index contributed by atoms with van der Waals surface area (Å²) >= 11 is 0. The van der Waals surface area contributed by atoms with Crippen molar-refractivity contribution < 1.29 is 4.79 Å². The Labute approximate surface area is 99.0 Å². The smallest absolute Gasteiger partial charge is 0.141 e. The molecular weight excluding hydrogens is 196 g/mol. The minimum atomic E-state index is 0.198. The average molecular weight is 218 g/mol. The molecule has 0 heterocycles. The second-order valence-electron chi connectivity index (χ2n) is 6.10. The molecule has 0 radical (unpaired) electrons. The van der Waals surface area contributed by atoms with Crippen LogP contribution in [0.25, 0.3) is 0 Å². The number of fused-ring (bicyclic) bond motifs is 1. The molecule has 1 nitrogen and oxygen atoms in total. The molecule has 0 aromatic heterocycles. The van der Waals surface area contributed by atoms with Gasteiger partial charge in [0.1, 0.15) is 5.78 Å². The topological polar surface area (TPSA) is 17.1 Å². The SMILES string of the molecule is CC#CCC1C(=O)C2C(CCC1C)C2(C)C. The zero-order valence-electron chi connectivity index (χ0n) is 10.8. The monoisotopic (exact) mass is 218 g/mol. The van der Waals surface area contributed by atoms with Crippen LogP contribution < -0.4 is 0 Å². The molecule has 2 aliphatic rings. The first-order chi connectivity index (χ1) is 7.50. The predicted molar refractivity (Wildman–Crippen MR) is 65.7 cm³/mol. The molecule has 0 amide bonds. The van der Waals surface area contributed by atoms with Crippen LogP contribution in [-0.2, 0) is 4.79 Å². The van der Waals surface area contributed by atoms with Crippen molar-refractivity contribution in [3.8, 4) is 11.8 Å². The van der Waals surface area contributed by atoms with Gasteiger partial charge in [0.05, 0.1) is 0 Å². The van der Waals surface area contributed by atoms with E-state index in [9.17, 15) is 4.79 Å². The van der Waals surface area contributed by atoms with Crippen molar-refractivity contribution in [2.24, 2.45) is 29.1 Å². The lowest BCUT2D eigenvalue weighted by molar-refractivity contribution is -0.126. The number of carbonyl (C=O) groups excluding carboxylic acids is 1. The molecule has 0 aliphatic heterocycles. The molecule has 0 aromatic rings. The fourth-order valence-electron chi connectivity index (χ4n) is 3.52. The van der Waals surface area contributed by atoms with Crippen molar-refractivity contribution in [3.05, 3.63) is 0 Å². The van der Waals surface area contributed by atoms with Crippen LogP contribution in [-0.4, -0.2) is 5.78 Å². The number of ketones is 1. The van der Waals surface area contributed by atoms with Gasteiger partial charge >= 0.3 is 0 Å². The third-order valence-electron chi connectivity index (χ3n) is 4.84. The molecule has 0 N–H and O–H groups in total. The first kappa shape index (κ1) is 11.7. The Balaban J connectivity index is 2.16. The van der Waals surface area contributed by atoms with E-state index in [0.29, 0.717) is 23.5 Å². The lowest BCUT2D eigenvalue weighted by Crippen LogP contribution is -2.24. The molecule has 4 unspecified atom stereocenters. The normalized spacial score (nSPS) is 40.4. The molecule has 16 heavy (non-hydrogen) atoms. The van der Waals surface area contributed by atoms with Gasteiger partial charge in [-0.2, -0.15) is 0 Å². The maximum atomic E-state index is 12.5. The summed E-state index contributed by atoms with van der Waals surface area (Å²) in [5, 5.41) is 0. The van der Waals surface area contributed by atoms with Crippen molar-refractivity contribution in [1.82, 2.24) is 0 Å². The van der Waals surface area contributed by atoms with Gasteiger partial charge in [0, 0.05) is 18.3 Å². The highest BCUT2D eigenvalue weighted by atomic mass is 16.1. The third kappa shape index (κ3) is 1.69. The molecular formula is C15H22O. The lowest BCUT2D eigenvalue weighted by atomic mass is 9.82. The zero-order chi connectivity index (χ0) is 11.9. The van der Waals surface area contributed by atoms with E-state index in [2.05, 4.69) is 32.6 Å². The largest absolute Gasteiger partial charge is 0.299 e. The molecule has 0 saturated heterocycles. The number of carbonyl (C=O) groups is 1. The van der Waals surface area contributed by atoms with E-state index in [-0.39, 0.29) is 11.3 Å². The second-order valence-corrected chi connectivity index (χ2v) is 6.10. The summed E-state index contributed by atoms with van der Waals surface area (Å²) in [4.78, 5) is 12.5.